The van der Waals surface area contributed by atoms with E-state index in [1.54, 1.807) is 25.1 Å². The number of hydrogen-bond acceptors (Lipinski definition) is 4. The van der Waals surface area contributed by atoms with Gasteiger partial charge in [-0.1, -0.05) is 23.7 Å². The molecule has 134 valence electrons. The van der Waals surface area contributed by atoms with Crippen molar-refractivity contribution in [3.05, 3.63) is 58.9 Å². The zero-order valence-corrected chi connectivity index (χ0v) is 14.7. The van der Waals surface area contributed by atoms with Crippen molar-refractivity contribution in [2.45, 2.75) is 25.6 Å². The quantitative estimate of drug-likeness (QED) is 0.704. The zero-order chi connectivity index (χ0) is 18.4. The Morgan fingerprint density at radius 1 is 1.32 bits per heavy atom. The summed E-state index contributed by atoms with van der Waals surface area (Å²) in [4.78, 5) is 12.1. The first-order chi connectivity index (χ1) is 11.9. The van der Waals surface area contributed by atoms with E-state index in [9.17, 15) is 14.3 Å². The number of hydrogen-bond donors (Lipinski definition) is 3. The molecule has 0 aliphatic carbocycles. The van der Waals surface area contributed by atoms with Gasteiger partial charge in [0.25, 0.3) is 5.91 Å². The van der Waals surface area contributed by atoms with Crippen molar-refractivity contribution in [2.75, 3.05) is 12.4 Å². The third-order valence-electron chi connectivity index (χ3n) is 3.64. The zero-order valence-electron chi connectivity index (χ0n) is 13.9. The maximum Gasteiger partial charge on any atom is 0.251 e. The normalized spacial score (nSPS) is 13.0. The van der Waals surface area contributed by atoms with Crippen LogP contribution in [-0.2, 0) is 11.3 Å². The minimum atomic E-state index is -1.33. The molecule has 2 atom stereocenters. The van der Waals surface area contributed by atoms with Crippen LogP contribution in [0.5, 0.6) is 5.75 Å². The highest BCUT2D eigenvalue weighted by Crippen LogP contribution is 2.26. The average molecular weight is 367 g/mol. The molecule has 0 saturated heterocycles. The molecule has 0 aromatic heterocycles. The minimum Gasteiger partial charge on any atom is -0.495 e. The smallest absolute Gasteiger partial charge is 0.251 e. The molecule has 1 amide bonds. The summed E-state index contributed by atoms with van der Waals surface area (Å²) in [6.45, 7) is 1.86. The number of methoxy groups -OCH3 is 1. The fraction of sp³-hybridized carbons (Fsp3) is 0.278. The fourth-order valence-electron chi connectivity index (χ4n) is 2.28. The van der Waals surface area contributed by atoms with E-state index in [1.165, 1.54) is 25.3 Å². The Hall–Kier alpha value is -2.31. The number of ether oxygens (including phenoxy) is 1. The number of aliphatic hydroxyl groups excluding tert-OH is 1. The number of rotatable bonds is 7. The van der Waals surface area contributed by atoms with E-state index >= 15 is 0 Å². The molecular weight excluding hydrogens is 347 g/mol. The third kappa shape index (κ3) is 5.34. The standard InChI is InChI=1S/C18H20ClFN2O3/c1-11(22-15-9-14(20)6-7-16(15)25-2)17(23)18(24)21-10-12-4-3-5-13(19)8-12/h3-9,11,17,22-23H,10H2,1-2H3,(H,21,24). The summed E-state index contributed by atoms with van der Waals surface area (Å²) < 4.78 is 18.5. The van der Waals surface area contributed by atoms with Crippen LogP contribution in [0.15, 0.2) is 42.5 Å². The number of halogens is 2. The summed E-state index contributed by atoms with van der Waals surface area (Å²) in [5, 5.41) is 16.3. The van der Waals surface area contributed by atoms with Crippen molar-refractivity contribution in [1.82, 2.24) is 5.32 Å². The van der Waals surface area contributed by atoms with Crippen molar-refractivity contribution in [3.8, 4) is 5.75 Å². The van der Waals surface area contributed by atoms with Crippen LogP contribution in [0.4, 0.5) is 10.1 Å². The Labute approximate surface area is 150 Å². The van der Waals surface area contributed by atoms with Gasteiger partial charge in [-0.25, -0.2) is 4.39 Å². The van der Waals surface area contributed by atoms with Crippen LogP contribution in [0.25, 0.3) is 0 Å². The highest BCUT2D eigenvalue weighted by Gasteiger charge is 2.23. The number of carbonyl (C=O) groups is 1. The Balaban J connectivity index is 1.96. The van der Waals surface area contributed by atoms with E-state index < -0.39 is 23.9 Å². The number of benzene rings is 2. The SMILES string of the molecule is COc1ccc(F)cc1NC(C)C(O)C(=O)NCc1cccc(Cl)c1. The molecule has 5 nitrogen and oxygen atoms in total. The molecule has 25 heavy (non-hydrogen) atoms. The van der Waals surface area contributed by atoms with Gasteiger partial charge in [-0.15, -0.1) is 0 Å². The lowest BCUT2D eigenvalue weighted by Crippen LogP contribution is -2.44. The predicted molar refractivity (Wildman–Crippen MR) is 95.3 cm³/mol. The molecule has 0 bridgehead atoms. The van der Waals surface area contributed by atoms with Gasteiger partial charge >= 0.3 is 0 Å². The molecule has 0 radical (unpaired) electrons. The Bertz CT molecular complexity index is 742. The van der Waals surface area contributed by atoms with Gasteiger partial charge in [-0.3, -0.25) is 4.79 Å². The summed E-state index contributed by atoms with van der Waals surface area (Å²) in [5.41, 5.74) is 1.18. The van der Waals surface area contributed by atoms with Crippen LogP contribution in [-0.4, -0.2) is 30.3 Å². The Kier molecular flexibility index (Phi) is 6.61. The topological polar surface area (TPSA) is 70.6 Å². The van der Waals surface area contributed by atoms with E-state index in [0.717, 1.165) is 5.56 Å². The second-order valence-corrected chi connectivity index (χ2v) is 6.01. The number of nitrogens with one attached hydrogen (secondary N) is 2. The van der Waals surface area contributed by atoms with E-state index in [1.807, 2.05) is 6.07 Å². The first-order valence-electron chi connectivity index (χ1n) is 7.71. The Morgan fingerprint density at radius 2 is 2.08 bits per heavy atom. The van der Waals surface area contributed by atoms with Gasteiger partial charge in [-0.2, -0.15) is 0 Å². The van der Waals surface area contributed by atoms with Gasteiger partial charge in [0.15, 0.2) is 6.10 Å². The average Bonchev–Trinajstić information content (AvgIpc) is 2.59. The first-order valence-corrected chi connectivity index (χ1v) is 8.09. The molecular formula is C18H20ClFN2O3. The van der Waals surface area contributed by atoms with Crippen LogP contribution < -0.4 is 15.4 Å². The molecule has 0 heterocycles. The second-order valence-electron chi connectivity index (χ2n) is 5.57. The minimum absolute atomic E-state index is 0.243. The van der Waals surface area contributed by atoms with E-state index in [-0.39, 0.29) is 6.54 Å². The largest absolute Gasteiger partial charge is 0.495 e. The van der Waals surface area contributed by atoms with Gasteiger partial charge < -0.3 is 20.5 Å². The van der Waals surface area contributed by atoms with E-state index in [4.69, 9.17) is 16.3 Å². The molecule has 0 aliphatic rings. The lowest BCUT2D eigenvalue weighted by atomic mass is 10.1. The summed E-state index contributed by atoms with van der Waals surface area (Å²) in [6, 6.07) is 10.4. The van der Waals surface area contributed by atoms with Crippen LogP contribution in [0.1, 0.15) is 12.5 Å². The van der Waals surface area contributed by atoms with Gasteiger partial charge in [-0.05, 0) is 36.8 Å². The van der Waals surface area contributed by atoms with Crippen LogP contribution in [0.3, 0.4) is 0 Å². The highest BCUT2D eigenvalue weighted by molar-refractivity contribution is 6.30. The molecule has 0 aliphatic heterocycles. The summed E-state index contributed by atoms with van der Waals surface area (Å²) in [6.07, 6.45) is -1.33. The second kappa shape index (κ2) is 8.69. The molecule has 2 unspecified atom stereocenters. The first kappa shape index (κ1) is 19.0. The van der Waals surface area contributed by atoms with Gasteiger partial charge in [0.05, 0.1) is 18.8 Å². The lowest BCUT2D eigenvalue weighted by molar-refractivity contribution is -0.129. The molecule has 0 spiro atoms. The monoisotopic (exact) mass is 366 g/mol. The van der Waals surface area contributed by atoms with Crippen LogP contribution >= 0.6 is 11.6 Å². The van der Waals surface area contributed by atoms with Crippen molar-refractivity contribution in [3.63, 3.8) is 0 Å². The van der Waals surface area contributed by atoms with E-state index in [0.29, 0.717) is 16.5 Å². The summed E-state index contributed by atoms with van der Waals surface area (Å²) >= 11 is 5.89. The summed E-state index contributed by atoms with van der Waals surface area (Å²) in [5.74, 6) is -0.578. The lowest BCUT2D eigenvalue weighted by Gasteiger charge is -2.22. The maximum absolute atomic E-state index is 13.4. The predicted octanol–water partition coefficient (Wildman–Crippen LogP) is 2.97. The van der Waals surface area contributed by atoms with Crippen LogP contribution in [0.2, 0.25) is 5.02 Å². The fourth-order valence-corrected chi connectivity index (χ4v) is 2.50. The highest BCUT2D eigenvalue weighted by atomic mass is 35.5. The van der Waals surface area contributed by atoms with Crippen molar-refractivity contribution in [2.24, 2.45) is 0 Å². The molecule has 0 fully saturated rings. The van der Waals surface area contributed by atoms with E-state index in [2.05, 4.69) is 10.6 Å². The van der Waals surface area contributed by atoms with Gasteiger partial charge in [0, 0.05) is 17.6 Å². The number of amides is 1. The maximum atomic E-state index is 13.4. The third-order valence-corrected chi connectivity index (χ3v) is 3.88. The molecule has 0 saturated carbocycles. The van der Waals surface area contributed by atoms with Crippen molar-refractivity contribution < 1.29 is 19.0 Å². The number of aliphatic hydroxyl groups is 1. The van der Waals surface area contributed by atoms with Crippen molar-refractivity contribution in [1.29, 1.82) is 0 Å². The number of carbonyl (C=O) groups excluding carboxylic acids is 1. The molecule has 3 N–H and O–H groups in total. The summed E-state index contributed by atoms with van der Waals surface area (Å²) in [7, 11) is 1.46. The molecule has 2 rings (SSSR count). The number of anilines is 1. The molecule has 2 aromatic carbocycles. The van der Waals surface area contributed by atoms with Crippen molar-refractivity contribution >= 4 is 23.2 Å². The Morgan fingerprint density at radius 3 is 2.76 bits per heavy atom. The van der Waals surface area contributed by atoms with Crippen LogP contribution in [0, 0.1) is 5.82 Å². The molecule has 7 heteroatoms. The van der Waals surface area contributed by atoms with Gasteiger partial charge in [0.1, 0.15) is 11.6 Å². The molecule has 2 aromatic rings. The van der Waals surface area contributed by atoms with Gasteiger partial charge in [0.2, 0.25) is 0 Å².